The Morgan fingerprint density at radius 2 is 2.17 bits per heavy atom. The monoisotopic (exact) mass is 334 g/mol. The molecule has 1 aliphatic heterocycles. The number of likely N-dealkylation sites (tertiary alicyclic amines) is 1. The number of hydrogen-bond acceptors (Lipinski definition) is 4. The van der Waals surface area contributed by atoms with Crippen LogP contribution in [0, 0.1) is 5.92 Å². The zero-order valence-corrected chi connectivity index (χ0v) is 13.2. The van der Waals surface area contributed by atoms with E-state index in [2.05, 4.69) is 5.16 Å². The summed E-state index contributed by atoms with van der Waals surface area (Å²) in [5, 5.41) is 13.5. The second-order valence-electron chi connectivity index (χ2n) is 5.56. The number of carbonyl (C=O) groups excluding carboxylic acids is 1. The van der Waals surface area contributed by atoms with Crippen molar-refractivity contribution in [2.45, 2.75) is 19.4 Å². The minimum atomic E-state index is -0.882. The average molecular weight is 335 g/mol. The number of hydrogen-bond donors (Lipinski definition) is 1. The Morgan fingerprint density at radius 3 is 2.83 bits per heavy atom. The van der Waals surface area contributed by atoms with E-state index in [1.165, 1.54) is 4.90 Å². The van der Waals surface area contributed by atoms with Gasteiger partial charge < -0.3 is 14.5 Å². The van der Waals surface area contributed by atoms with E-state index < -0.39 is 11.9 Å². The third-order valence-electron chi connectivity index (χ3n) is 4.17. The number of aliphatic carboxylic acids is 1. The molecule has 120 valence electrons. The van der Waals surface area contributed by atoms with Crippen LogP contribution in [0.15, 0.2) is 34.9 Å². The molecule has 23 heavy (non-hydrogen) atoms. The maximum absolute atomic E-state index is 12.5. The molecule has 1 fully saturated rings. The van der Waals surface area contributed by atoms with Gasteiger partial charge in [0.25, 0.3) is 5.91 Å². The molecule has 2 atom stereocenters. The lowest BCUT2D eigenvalue weighted by Gasteiger charge is -2.21. The molecule has 1 aliphatic rings. The van der Waals surface area contributed by atoms with E-state index in [1.807, 2.05) is 0 Å². The molecule has 2 heterocycles. The maximum Gasteiger partial charge on any atom is 0.308 e. The Balaban J connectivity index is 1.81. The van der Waals surface area contributed by atoms with Gasteiger partial charge in [-0.2, -0.15) is 0 Å². The highest BCUT2D eigenvalue weighted by atomic mass is 35.5. The molecule has 1 saturated heterocycles. The number of carboxylic acids is 1. The molecule has 1 aromatic heterocycles. The van der Waals surface area contributed by atoms with Crippen molar-refractivity contribution in [1.29, 1.82) is 0 Å². The third kappa shape index (κ3) is 2.94. The lowest BCUT2D eigenvalue weighted by atomic mass is 10.0. The zero-order chi connectivity index (χ0) is 16.6. The van der Waals surface area contributed by atoms with Gasteiger partial charge in [-0.05, 0) is 25.5 Å². The Hall–Kier alpha value is -2.34. The minimum Gasteiger partial charge on any atom is -0.481 e. The molecule has 6 nitrogen and oxygen atoms in total. The summed E-state index contributed by atoms with van der Waals surface area (Å²) in [6, 6.07) is 8.22. The number of benzene rings is 1. The van der Waals surface area contributed by atoms with Gasteiger partial charge in [-0.15, -0.1) is 0 Å². The van der Waals surface area contributed by atoms with E-state index in [4.69, 9.17) is 21.2 Å². The average Bonchev–Trinajstić information content (AvgIpc) is 3.13. The van der Waals surface area contributed by atoms with E-state index >= 15 is 0 Å². The molecule has 0 radical (unpaired) electrons. The molecular formula is C16H15ClN2O4. The van der Waals surface area contributed by atoms with Crippen molar-refractivity contribution in [3.05, 3.63) is 41.0 Å². The van der Waals surface area contributed by atoms with Gasteiger partial charge in [0.05, 0.1) is 5.92 Å². The third-order valence-corrected chi connectivity index (χ3v) is 4.41. The summed E-state index contributed by atoms with van der Waals surface area (Å²) >= 11 is 5.94. The predicted octanol–water partition coefficient (Wildman–Crippen LogP) is 2.93. The minimum absolute atomic E-state index is 0.165. The van der Waals surface area contributed by atoms with Crippen LogP contribution >= 0.6 is 11.6 Å². The van der Waals surface area contributed by atoms with Crippen LogP contribution in [0.5, 0.6) is 0 Å². The molecule has 7 heteroatoms. The number of carbonyl (C=O) groups is 2. The van der Waals surface area contributed by atoms with Crippen LogP contribution in [0.2, 0.25) is 5.02 Å². The maximum atomic E-state index is 12.5. The first-order valence-corrected chi connectivity index (χ1v) is 7.61. The van der Waals surface area contributed by atoms with Gasteiger partial charge in [-0.1, -0.05) is 28.9 Å². The smallest absolute Gasteiger partial charge is 0.308 e. The molecule has 1 aromatic carbocycles. The molecular weight excluding hydrogens is 320 g/mol. The van der Waals surface area contributed by atoms with Crippen LogP contribution in [0.3, 0.4) is 0 Å². The Bertz CT molecular complexity index is 758. The number of carboxylic acid groups (broad SMARTS) is 1. The first kappa shape index (κ1) is 15.6. The highest BCUT2D eigenvalue weighted by Gasteiger charge is 2.39. The molecule has 0 bridgehead atoms. The first-order valence-electron chi connectivity index (χ1n) is 7.24. The van der Waals surface area contributed by atoms with Crippen LogP contribution in [-0.4, -0.2) is 39.6 Å². The van der Waals surface area contributed by atoms with Gasteiger partial charge in [0, 0.05) is 29.2 Å². The fourth-order valence-electron chi connectivity index (χ4n) is 2.86. The van der Waals surface area contributed by atoms with Crippen molar-refractivity contribution in [2.75, 3.05) is 6.54 Å². The number of rotatable bonds is 3. The predicted molar refractivity (Wildman–Crippen MR) is 83.2 cm³/mol. The lowest BCUT2D eigenvalue weighted by molar-refractivity contribution is -0.142. The van der Waals surface area contributed by atoms with E-state index in [-0.39, 0.29) is 17.6 Å². The molecule has 0 saturated carbocycles. The highest BCUT2D eigenvalue weighted by molar-refractivity contribution is 6.30. The molecule has 0 spiro atoms. The van der Waals surface area contributed by atoms with Gasteiger partial charge >= 0.3 is 5.97 Å². The van der Waals surface area contributed by atoms with Crippen molar-refractivity contribution in [2.24, 2.45) is 5.92 Å². The Morgan fingerprint density at radius 1 is 1.39 bits per heavy atom. The van der Waals surface area contributed by atoms with Gasteiger partial charge in [0.1, 0.15) is 0 Å². The van der Waals surface area contributed by atoms with Crippen LogP contribution in [-0.2, 0) is 4.79 Å². The van der Waals surface area contributed by atoms with Crippen LogP contribution in [0.1, 0.15) is 23.8 Å². The Labute approximate surface area is 137 Å². The second kappa shape index (κ2) is 6.04. The van der Waals surface area contributed by atoms with Crippen molar-refractivity contribution >= 4 is 23.5 Å². The molecule has 2 unspecified atom stereocenters. The van der Waals surface area contributed by atoms with E-state index in [9.17, 15) is 9.59 Å². The largest absolute Gasteiger partial charge is 0.481 e. The summed E-state index contributed by atoms with van der Waals surface area (Å²) in [6.45, 7) is 2.14. The SMILES string of the molecule is CC1C(C(=O)O)CCN1C(=O)c1cc(-c2cccc(Cl)c2)on1. The fourth-order valence-corrected chi connectivity index (χ4v) is 3.05. The summed E-state index contributed by atoms with van der Waals surface area (Å²) in [6.07, 6.45) is 0.446. The standard InChI is InChI=1S/C16H15ClN2O4/c1-9-12(16(21)22)5-6-19(9)15(20)13-8-14(23-18-13)10-3-2-4-11(17)7-10/h2-4,7-9,12H,5-6H2,1H3,(H,21,22). The summed E-state index contributed by atoms with van der Waals surface area (Å²) in [5.74, 6) is -1.30. The second-order valence-corrected chi connectivity index (χ2v) is 6.00. The van der Waals surface area contributed by atoms with Crippen LogP contribution < -0.4 is 0 Å². The quantitative estimate of drug-likeness (QED) is 0.933. The van der Waals surface area contributed by atoms with Gasteiger partial charge in [0.15, 0.2) is 11.5 Å². The Kier molecular flexibility index (Phi) is 4.09. The summed E-state index contributed by atoms with van der Waals surface area (Å²) in [4.78, 5) is 25.2. The van der Waals surface area contributed by atoms with Gasteiger partial charge in [0.2, 0.25) is 0 Å². The fraction of sp³-hybridized carbons (Fsp3) is 0.312. The van der Waals surface area contributed by atoms with E-state index in [1.54, 1.807) is 37.3 Å². The summed E-state index contributed by atoms with van der Waals surface area (Å²) in [5.41, 5.74) is 0.889. The van der Waals surface area contributed by atoms with Crippen molar-refractivity contribution in [3.63, 3.8) is 0 Å². The van der Waals surface area contributed by atoms with Crippen molar-refractivity contribution in [3.8, 4) is 11.3 Å². The normalized spacial score (nSPS) is 20.7. The molecule has 3 rings (SSSR count). The van der Waals surface area contributed by atoms with E-state index in [0.29, 0.717) is 23.7 Å². The van der Waals surface area contributed by atoms with Gasteiger partial charge in [-0.3, -0.25) is 9.59 Å². The number of halogens is 1. The zero-order valence-electron chi connectivity index (χ0n) is 12.4. The summed E-state index contributed by atoms with van der Waals surface area (Å²) in [7, 11) is 0. The van der Waals surface area contributed by atoms with Crippen molar-refractivity contribution < 1.29 is 19.2 Å². The molecule has 1 amide bonds. The molecule has 1 N–H and O–H groups in total. The van der Waals surface area contributed by atoms with Crippen LogP contribution in [0.4, 0.5) is 0 Å². The molecule has 0 aliphatic carbocycles. The summed E-state index contributed by atoms with van der Waals surface area (Å²) < 4.78 is 5.22. The first-order chi connectivity index (χ1) is 11.0. The highest BCUT2D eigenvalue weighted by Crippen LogP contribution is 2.28. The van der Waals surface area contributed by atoms with Gasteiger partial charge in [-0.25, -0.2) is 0 Å². The number of nitrogens with zero attached hydrogens (tertiary/aromatic N) is 2. The lowest BCUT2D eigenvalue weighted by Crippen LogP contribution is -2.37. The van der Waals surface area contributed by atoms with Crippen LogP contribution in [0.25, 0.3) is 11.3 Å². The number of aromatic nitrogens is 1. The topological polar surface area (TPSA) is 83.6 Å². The number of amides is 1. The molecule has 2 aromatic rings. The van der Waals surface area contributed by atoms with E-state index in [0.717, 1.165) is 5.56 Å². The van der Waals surface area contributed by atoms with Crippen molar-refractivity contribution in [1.82, 2.24) is 10.1 Å².